The average molecular weight is 319 g/mol. The minimum absolute atomic E-state index is 0.526. The Balaban J connectivity index is 1.66. The molecule has 0 saturated heterocycles. The molecular formula is C18H17N5O. The predicted molar refractivity (Wildman–Crippen MR) is 92.8 cm³/mol. The highest BCUT2D eigenvalue weighted by molar-refractivity contribution is 5.84. The zero-order chi connectivity index (χ0) is 16.4. The number of furan rings is 1. The van der Waals surface area contributed by atoms with Crippen LogP contribution in [-0.2, 0) is 12.8 Å². The molecule has 0 aliphatic heterocycles. The second-order valence-electron chi connectivity index (χ2n) is 5.49. The largest absolute Gasteiger partial charge is 0.461 e. The molecular weight excluding hydrogens is 302 g/mol. The van der Waals surface area contributed by atoms with Crippen LogP contribution in [0, 0.1) is 0 Å². The summed E-state index contributed by atoms with van der Waals surface area (Å²) in [7, 11) is 1.83. The van der Waals surface area contributed by atoms with Gasteiger partial charge in [-0.05, 0) is 24.1 Å². The molecule has 0 saturated carbocycles. The van der Waals surface area contributed by atoms with E-state index in [2.05, 4.69) is 37.4 Å². The van der Waals surface area contributed by atoms with E-state index in [-0.39, 0.29) is 0 Å². The molecule has 0 spiro atoms. The molecule has 4 aromatic rings. The molecule has 24 heavy (non-hydrogen) atoms. The fourth-order valence-corrected chi connectivity index (χ4v) is 2.67. The van der Waals surface area contributed by atoms with Gasteiger partial charge in [0.1, 0.15) is 11.3 Å². The number of aromatic nitrogens is 4. The third-order valence-electron chi connectivity index (χ3n) is 3.87. The van der Waals surface area contributed by atoms with Gasteiger partial charge < -0.3 is 14.7 Å². The summed E-state index contributed by atoms with van der Waals surface area (Å²) in [4.78, 5) is 17.0. The summed E-state index contributed by atoms with van der Waals surface area (Å²) in [5, 5.41) is 3.10. The lowest BCUT2D eigenvalue weighted by Gasteiger charge is -2.02. The Morgan fingerprint density at radius 1 is 1.00 bits per heavy atom. The van der Waals surface area contributed by atoms with E-state index in [1.165, 1.54) is 5.56 Å². The van der Waals surface area contributed by atoms with Gasteiger partial charge in [-0.15, -0.1) is 0 Å². The van der Waals surface area contributed by atoms with Crippen LogP contribution >= 0.6 is 0 Å². The third kappa shape index (κ3) is 2.74. The van der Waals surface area contributed by atoms with Gasteiger partial charge in [-0.1, -0.05) is 30.3 Å². The maximum absolute atomic E-state index is 5.39. The van der Waals surface area contributed by atoms with Gasteiger partial charge in [0.2, 0.25) is 0 Å². The minimum atomic E-state index is 0.526. The molecule has 1 aromatic carbocycles. The van der Waals surface area contributed by atoms with E-state index >= 15 is 0 Å². The normalized spacial score (nSPS) is 11.0. The van der Waals surface area contributed by atoms with Crippen LogP contribution in [0.2, 0.25) is 0 Å². The number of benzene rings is 1. The Morgan fingerprint density at radius 3 is 2.62 bits per heavy atom. The minimum Gasteiger partial charge on any atom is -0.461 e. The number of H-pyrrole nitrogens is 1. The summed E-state index contributed by atoms with van der Waals surface area (Å²) in [6.07, 6.45) is 3.35. The van der Waals surface area contributed by atoms with Crippen LogP contribution in [0.25, 0.3) is 22.7 Å². The third-order valence-corrected chi connectivity index (χ3v) is 3.87. The molecule has 0 bridgehead atoms. The zero-order valence-corrected chi connectivity index (χ0v) is 13.3. The van der Waals surface area contributed by atoms with E-state index in [0.29, 0.717) is 23.0 Å². The quantitative estimate of drug-likeness (QED) is 0.589. The Labute approximate surface area is 139 Å². The van der Waals surface area contributed by atoms with Crippen LogP contribution in [0.15, 0.2) is 53.1 Å². The zero-order valence-electron chi connectivity index (χ0n) is 13.3. The first-order valence-corrected chi connectivity index (χ1v) is 7.85. The van der Waals surface area contributed by atoms with Gasteiger partial charge in [-0.25, -0.2) is 15.0 Å². The lowest BCUT2D eigenvalue weighted by molar-refractivity contribution is 0.577. The monoisotopic (exact) mass is 319 g/mol. The van der Waals surface area contributed by atoms with Crippen molar-refractivity contribution in [2.24, 2.45) is 0 Å². The molecule has 0 amide bonds. The number of rotatable bonds is 5. The lowest BCUT2D eigenvalue weighted by Crippen LogP contribution is -1.98. The van der Waals surface area contributed by atoms with E-state index in [0.717, 1.165) is 24.2 Å². The first kappa shape index (κ1) is 14.4. The molecule has 4 rings (SSSR count). The number of anilines is 1. The van der Waals surface area contributed by atoms with Crippen molar-refractivity contribution in [3.05, 3.63) is 60.1 Å². The van der Waals surface area contributed by atoms with Crippen molar-refractivity contribution in [2.45, 2.75) is 12.8 Å². The van der Waals surface area contributed by atoms with E-state index in [4.69, 9.17) is 4.42 Å². The number of hydrogen-bond acceptors (Lipinski definition) is 5. The number of aromatic amines is 1. The van der Waals surface area contributed by atoms with Gasteiger partial charge in [0.05, 0.1) is 6.26 Å². The van der Waals surface area contributed by atoms with Crippen molar-refractivity contribution in [2.75, 3.05) is 12.4 Å². The van der Waals surface area contributed by atoms with E-state index in [1.807, 2.05) is 37.4 Å². The van der Waals surface area contributed by atoms with E-state index in [1.54, 1.807) is 6.26 Å². The first-order valence-electron chi connectivity index (χ1n) is 7.85. The Hall–Kier alpha value is -3.15. The number of imidazole rings is 1. The summed E-state index contributed by atoms with van der Waals surface area (Å²) in [6, 6.07) is 14.0. The van der Waals surface area contributed by atoms with Crippen LogP contribution in [0.4, 0.5) is 5.82 Å². The van der Waals surface area contributed by atoms with Crippen molar-refractivity contribution >= 4 is 17.0 Å². The van der Waals surface area contributed by atoms with Gasteiger partial charge in [-0.3, -0.25) is 0 Å². The topological polar surface area (TPSA) is 79.6 Å². The molecule has 3 aromatic heterocycles. The molecule has 0 atom stereocenters. The number of fused-ring (bicyclic) bond motifs is 1. The number of aryl methyl sites for hydroxylation is 2. The van der Waals surface area contributed by atoms with Crippen molar-refractivity contribution in [3.63, 3.8) is 0 Å². The summed E-state index contributed by atoms with van der Waals surface area (Å²) >= 11 is 0. The van der Waals surface area contributed by atoms with E-state index in [9.17, 15) is 0 Å². The second-order valence-corrected chi connectivity index (χ2v) is 5.49. The maximum Gasteiger partial charge on any atom is 0.199 e. The molecule has 6 heteroatoms. The Bertz CT molecular complexity index is 944. The Kier molecular flexibility index (Phi) is 3.70. The van der Waals surface area contributed by atoms with Crippen molar-refractivity contribution in [1.29, 1.82) is 0 Å². The standard InChI is InChI=1S/C18H17N5O/c1-19-17-15-18(23-16(22-17)13-8-5-11-24-13)21-14(20-15)10-9-12-6-3-2-4-7-12/h2-8,11H,9-10H2,1H3,(H2,19,20,21,22,23). The summed E-state index contributed by atoms with van der Waals surface area (Å²) in [6.45, 7) is 0. The summed E-state index contributed by atoms with van der Waals surface area (Å²) in [5.41, 5.74) is 2.74. The highest BCUT2D eigenvalue weighted by atomic mass is 16.3. The van der Waals surface area contributed by atoms with Gasteiger partial charge >= 0.3 is 0 Å². The van der Waals surface area contributed by atoms with Gasteiger partial charge in [0.15, 0.2) is 23.0 Å². The smallest absolute Gasteiger partial charge is 0.199 e. The van der Waals surface area contributed by atoms with Crippen LogP contribution in [0.1, 0.15) is 11.4 Å². The van der Waals surface area contributed by atoms with Crippen LogP contribution in [0.5, 0.6) is 0 Å². The molecule has 0 fully saturated rings. The summed E-state index contributed by atoms with van der Waals surface area (Å²) in [5.74, 6) is 2.77. The van der Waals surface area contributed by atoms with Crippen LogP contribution < -0.4 is 5.32 Å². The molecule has 0 aliphatic rings. The highest BCUT2D eigenvalue weighted by Gasteiger charge is 2.14. The van der Waals surface area contributed by atoms with Crippen LogP contribution in [0.3, 0.4) is 0 Å². The molecule has 120 valence electrons. The number of hydrogen-bond donors (Lipinski definition) is 2. The predicted octanol–water partition coefficient (Wildman–Crippen LogP) is 3.44. The van der Waals surface area contributed by atoms with Gasteiger partial charge in [0, 0.05) is 13.5 Å². The van der Waals surface area contributed by atoms with Crippen molar-refractivity contribution in [3.8, 4) is 11.6 Å². The Morgan fingerprint density at radius 2 is 1.88 bits per heavy atom. The molecule has 2 N–H and O–H groups in total. The second kappa shape index (κ2) is 6.16. The maximum atomic E-state index is 5.39. The van der Waals surface area contributed by atoms with E-state index < -0.39 is 0 Å². The SMILES string of the molecule is CNc1nc(-c2ccco2)nc2nc(CCc3ccccc3)[nH]c12. The fourth-order valence-electron chi connectivity index (χ4n) is 2.67. The first-order chi connectivity index (χ1) is 11.8. The molecule has 6 nitrogen and oxygen atoms in total. The number of nitrogens with one attached hydrogen (secondary N) is 2. The molecule has 0 aliphatic carbocycles. The molecule has 3 heterocycles. The van der Waals surface area contributed by atoms with Crippen molar-refractivity contribution < 1.29 is 4.42 Å². The van der Waals surface area contributed by atoms with Gasteiger partial charge in [-0.2, -0.15) is 0 Å². The molecule has 0 unspecified atom stereocenters. The molecule has 0 radical (unpaired) electrons. The fraction of sp³-hybridized carbons (Fsp3) is 0.167. The summed E-state index contributed by atoms with van der Waals surface area (Å²) < 4.78 is 5.39. The van der Waals surface area contributed by atoms with Crippen LogP contribution in [-0.4, -0.2) is 27.0 Å². The van der Waals surface area contributed by atoms with Crippen molar-refractivity contribution in [1.82, 2.24) is 19.9 Å². The highest BCUT2D eigenvalue weighted by Crippen LogP contribution is 2.23. The average Bonchev–Trinajstić information content (AvgIpc) is 3.29. The lowest BCUT2D eigenvalue weighted by atomic mass is 10.1. The van der Waals surface area contributed by atoms with Gasteiger partial charge in [0.25, 0.3) is 0 Å². The number of nitrogens with zero attached hydrogens (tertiary/aromatic N) is 3.